The van der Waals surface area contributed by atoms with E-state index in [4.69, 9.17) is 0 Å². The van der Waals surface area contributed by atoms with Gasteiger partial charge in [0, 0.05) is 13.1 Å². The largest absolute Gasteiger partial charge is 0.311 e. The van der Waals surface area contributed by atoms with Gasteiger partial charge >= 0.3 is 0 Å². The van der Waals surface area contributed by atoms with Crippen LogP contribution in [0.4, 0.5) is 0 Å². The van der Waals surface area contributed by atoms with E-state index in [0.29, 0.717) is 0 Å². The molecule has 0 atom stereocenters. The molecule has 0 bridgehead atoms. The monoisotopic (exact) mass is 349 g/mol. The summed E-state index contributed by atoms with van der Waals surface area (Å²) in [6.45, 7) is 9.19. The standard InChI is InChI=1S/C17H24BrN3/c1-4-15-17(18)16(21(5-2)20-15)12-19-11-10-14-9-7-6-8-13(14)3/h6-9,19H,4-5,10-12H2,1-3H3. The summed E-state index contributed by atoms with van der Waals surface area (Å²) in [6.07, 6.45) is 2.02. The third kappa shape index (κ3) is 3.95. The Labute approximate surface area is 135 Å². The Morgan fingerprint density at radius 2 is 2.00 bits per heavy atom. The molecule has 4 heteroatoms. The van der Waals surface area contributed by atoms with E-state index < -0.39 is 0 Å². The minimum absolute atomic E-state index is 0.854. The molecule has 2 rings (SSSR count). The maximum atomic E-state index is 4.63. The van der Waals surface area contributed by atoms with E-state index in [1.807, 2.05) is 0 Å². The number of hydrogen-bond acceptors (Lipinski definition) is 2. The van der Waals surface area contributed by atoms with Crippen molar-refractivity contribution in [2.45, 2.75) is 46.7 Å². The summed E-state index contributed by atoms with van der Waals surface area (Å²) in [7, 11) is 0. The smallest absolute Gasteiger partial charge is 0.0767 e. The van der Waals surface area contributed by atoms with Gasteiger partial charge in [0.05, 0.1) is 15.9 Å². The molecule has 1 heterocycles. The first-order chi connectivity index (χ1) is 10.2. The molecule has 1 aromatic heterocycles. The Hall–Kier alpha value is -1.13. The summed E-state index contributed by atoms with van der Waals surface area (Å²) in [6, 6.07) is 8.58. The summed E-state index contributed by atoms with van der Waals surface area (Å²) in [5.74, 6) is 0. The second-order valence-electron chi connectivity index (χ2n) is 5.23. The molecule has 0 spiro atoms. The lowest BCUT2D eigenvalue weighted by Gasteiger charge is -2.09. The van der Waals surface area contributed by atoms with Gasteiger partial charge in [0.15, 0.2) is 0 Å². The number of benzene rings is 1. The molecule has 0 unspecified atom stereocenters. The molecule has 1 aromatic carbocycles. The van der Waals surface area contributed by atoms with E-state index in [1.165, 1.54) is 16.8 Å². The number of nitrogens with one attached hydrogen (secondary N) is 1. The maximum absolute atomic E-state index is 4.63. The first-order valence-corrected chi connectivity index (χ1v) is 8.45. The van der Waals surface area contributed by atoms with E-state index in [-0.39, 0.29) is 0 Å². The fourth-order valence-electron chi connectivity index (χ4n) is 2.51. The summed E-state index contributed by atoms with van der Waals surface area (Å²) < 4.78 is 3.25. The summed E-state index contributed by atoms with van der Waals surface area (Å²) in [5, 5.41) is 8.17. The SMILES string of the molecule is CCc1nn(CC)c(CNCCc2ccccc2C)c1Br. The predicted molar refractivity (Wildman–Crippen MR) is 91.6 cm³/mol. The molecular formula is C17H24BrN3. The molecule has 0 aliphatic heterocycles. The van der Waals surface area contributed by atoms with Crippen molar-refractivity contribution >= 4 is 15.9 Å². The highest BCUT2D eigenvalue weighted by molar-refractivity contribution is 9.10. The lowest BCUT2D eigenvalue weighted by atomic mass is 10.1. The van der Waals surface area contributed by atoms with Crippen LogP contribution in [0.25, 0.3) is 0 Å². The van der Waals surface area contributed by atoms with Crippen molar-refractivity contribution in [2.24, 2.45) is 0 Å². The Balaban J connectivity index is 1.92. The van der Waals surface area contributed by atoms with Crippen LogP contribution in [0.2, 0.25) is 0 Å². The average molecular weight is 350 g/mol. The molecule has 0 aliphatic rings. The van der Waals surface area contributed by atoms with Crippen LogP contribution >= 0.6 is 15.9 Å². The molecule has 0 amide bonds. The van der Waals surface area contributed by atoms with Crippen molar-refractivity contribution in [1.29, 1.82) is 0 Å². The van der Waals surface area contributed by atoms with Crippen molar-refractivity contribution in [3.05, 3.63) is 51.3 Å². The fourth-order valence-corrected chi connectivity index (χ4v) is 3.21. The van der Waals surface area contributed by atoms with Gasteiger partial charge in [-0.2, -0.15) is 5.10 Å². The highest BCUT2D eigenvalue weighted by Crippen LogP contribution is 2.22. The van der Waals surface area contributed by atoms with Crippen molar-refractivity contribution < 1.29 is 0 Å². The van der Waals surface area contributed by atoms with Crippen molar-refractivity contribution in [3.63, 3.8) is 0 Å². The molecule has 3 nitrogen and oxygen atoms in total. The zero-order valence-electron chi connectivity index (χ0n) is 13.1. The molecule has 0 fully saturated rings. The molecule has 1 N–H and O–H groups in total. The number of halogens is 1. The van der Waals surface area contributed by atoms with Gasteiger partial charge in [-0.3, -0.25) is 4.68 Å². The minimum atomic E-state index is 0.854. The quantitative estimate of drug-likeness (QED) is 0.769. The second-order valence-corrected chi connectivity index (χ2v) is 6.02. The number of aryl methyl sites for hydroxylation is 3. The van der Waals surface area contributed by atoms with Gasteiger partial charge in [-0.1, -0.05) is 31.2 Å². The molecule has 2 aromatic rings. The lowest BCUT2D eigenvalue weighted by molar-refractivity contribution is 0.577. The van der Waals surface area contributed by atoms with E-state index in [0.717, 1.165) is 42.6 Å². The number of hydrogen-bond donors (Lipinski definition) is 1. The molecule has 0 aliphatic carbocycles. The molecule has 0 saturated heterocycles. The molecule has 114 valence electrons. The van der Waals surface area contributed by atoms with Gasteiger partial charge in [-0.25, -0.2) is 0 Å². The minimum Gasteiger partial charge on any atom is -0.311 e. The first-order valence-electron chi connectivity index (χ1n) is 7.66. The fraction of sp³-hybridized carbons (Fsp3) is 0.471. The van der Waals surface area contributed by atoms with Crippen LogP contribution < -0.4 is 5.32 Å². The maximum Gasteiger partial charge on any atom is 0.0767 e. The van der Waals surface area contributed by atoms with Crippen molar-refractivity contribution in [1.82, 2.24) is 15.1 Å². The van der Waals surface area contributed by atoms with E-state index in [1.54, 1.807) is 0 Å². The van der Waals surface area contributed by atoms with Crippen molar-refractivity contribution in [3.8, 4) is 0 Å². The summed E-state index contributed by atoms with van der Waals surface area (Å²) in [5.41, 5.74) is 5.18. The highest BCUT2D eigenvalue weighted by Gasteiger charge is 2.13. The van der Waals surface area contributed by atoms with Crippen LogP contribution in [-0.2, 0) is 25.9 Å². The normalized spacial score (nSPS) is 11.0. The van der Waals surface area contributed by atoms with E-state index in [9.17, 15) is 0 Å². The molecule has 0 saturated carbocycles. The Bertz CT molecular complexity index is 590. The Morgan fingerprint density at radius 1 is 1.24 bits per heavy atom. The Morgan fingerprint density at radius 3 is 2.67 bits per heavy atom. The van der Waals surface area contributed by atoms with Crippen LogP contribution in [0.15, 0.2) is 28.7 Å². The van der Waals surface area contributed by atoms with Gasteiger partial charge in [-0.15, -0.1) is 0 Å². The van der Waals surface area contributed by atoms with E-state index in [2.05, 4.69) is 76.1 Å². The zero-order chi connectivity index (χ0) is 15.2. The van der Waals surface area contributed by atoms with Gasteiger partial charge in [0.25, 0.3) is 0 Å². The van der Waals surface area contributed by atoms with Gasteiger partial charge < -0.3 is 5.32 Å². The van der Waals surface area contributed by atoms with Gasteiger partial charge in [0.1, 0.15) is 0 Å². The number of rotatable bonds is 7. The predicted octanol–water partition coefficient (Wildman–Crippen LogP) is 3.87. The molecular weight excluding hydrogens is 326 g/mol. The number of aromatic nitrogens is 2. The molecule has 0 radical (unpaired) electrons. The van der Waals surface area contributed by atoms with Crippen LogP contribution in [0.3, 0.4) is 0 Å². The third-order valence-corrected chi connectivity index (χ3v) is 4.73. The van der Waals surface area contributed by atoms with Crippen LogP contribution in [-0.4, -0.2) is 16.3 Å². The van der Waals surface area contributed by atoms with Crippen LogP contribution in [0.5, 0.6) is 0 Å². The van der Waals surface area contributed by atoms with Crippen LogP contribution in [0.1, 0.15) is 36.4 Å². The van der Waals surface area contributed by atoms with E-state index >= 15 is 0 Å². The second kappa shape index (κ2) is 7.76. The van der Waals surface area contributed by atoms with Crippen LogP contribution in [0, 0.1) is 6.92 Å². The molecule has 21 heavy (non-hydrogen) atoms. The third-order valence-electron chi connectivity index (χ3n) is 3.82. The average Bonchev–Trinajstić information content (AvgIpc) is 2.81. The van der Waals surface area contributed by atoms with Crippen molar-refractivity contribution in [2.75, 3.05) is 6.54 Å². The lowest BCUT2D eigenvalue weighted by Crippen LogP contribution is -2.19. The highest BCUT2D eigenvalue weighted by atomic mass is 79.9. The summed E-state index contributed by atoms with van der Waals surface area (Å²) in [4.78, 5) is 0. The topological polar surface area (TPSA) is 29.9 Å². The summed E-state index contributed by atoms with van der Waals surface area (Å²) >= 11 is 3.69. The number of nitrogens with zero attached hydrogens (tertiary/aromatic N) is 2. The van der Waals surface area contributed by atoms with Gasteiger partial charge in [-0.05, 0) is 60.3 Å². The van der Waals surface area contributed by atoms with Gasteiger partial charge in [0.2, 0.25) is 0 Å². The Kier molecular flexibility index (Phi) is 6.00. The zero-order valence-corrected chi connectivity index (χ0v) is 14.7. The first kappa shape index (κ1) is 16.2.